The van der Waals surface area contributed by atoms with Crippen LogP contribution in [0.3, 0.4) is 0 Å². The van der Waals surface area contributed by atoms with Crippen LogP contribution in [0.25, 0.3) is 0 Å². The Balaban J connectivity index is 1.97. The normalized spacial score (nSPS) is 38.1. The molecule has 0 aliphatic heterocycles. The lowest BCUT2D eigenvalue weighted by Crippen LogP contribution is -2.31. The molecular weight excluding hydrogens is 285 g/mol. The molecule has 4 atom stereocenters. The third-order valence-corrected chi connectivity index (χ3v) is 5.61. The van der Waals surface area contributed by atoms with Crippen molar-refractivity contribution in [2.24, 2.45) is 0 Å². The Morgan fingerprint density at radius 2 is 1.30 bits per heavy atom. The van der Waals surface area contributed by atoms with Gasteiger partial charge in [-0.1, -0.05) is 32.3 Å². The molecule has 0 aromatic rings. The van der Waals surface area contributed by atoms with Crippen LogP contribution < -0.4 is 0 Å². The first kappa shape index (κ1) is 16.1. The van der Waals surface area contributed by atoms with Gasteiger partial charge in [-0.25, -0.2) is 8.78 Å². The molecule has 2 saturated carbocycles. The van der Waals surface area contributed by atoms with Crippen LogP contribution in [0.1, 0.15) is 51.4 Å². The van der Waals surface area contributed by atoms with E-state index in [2.05, 4.69) is 6.58 Å². The van der Waals surface area contributed by atoms with Crippen LogP contribution in [0.5, 0.6) is 0 Å². The summed E-state index contributed by atoms with van der Waals surface area (Å²) in [5.74, 6) is 1.08. The van der Waals surface area contributed by atoms with Crippen LogP contribution in [0.15, 0.2) is 12.4 Å². The molecule has 2 aliphatic rings. The molecule has 2 aliphatic carbocycles. The molecule has 6 heteroatoms. The summed E-state index contributed by atoms with van der Waals surface area (Å²) in [5.41, 5.74) is 0. The first-order chi connectivity index (χ1) is 9.54. The van der Waals surface area contributed by atoms with Crippen molar-refractivity contribution in [1.29, 1.82) is 0 Å². The molecule has 2 fully saturated rings. The first-order valence-electron chi connectivity index (χ1n) is 7.42. The highest BCUT2D eigenvalue weighted by molar-refractivity contribution is 7.57. The van der Waals surface area contributed by atoms with E-state index >= 15 is 0 Å². The average molecular weight is 308 g/mol. The summed E-state index contributed by atoms with van der Waals surface area (Å²) in [7, 11) is -3.63. The third kappa shape index (κ3) is 4.12. The molecule has 0 aromatic carbocycles. The lowest BCUT2D eigenvalue weighted by molar-refractivity contribution is 0.0152. The maximum absolute atomic E-state index is 13.8. The molecule has 2 rings (SSSR count). The predicted molar refractivity (Wildman–Crippen MR) is 74.3 cm³/mol. The van der Waals surface area contributed by atoms with Gasteiger partial charge in [-0.05, 0) is 25.7 Å². The van der Waals surface area contributed by atoms with Crippen LogP contribution in [-0.2, 0) is 13.6 Å². The van der Waals surface area contributed by atoms with E-state index < -0.39 is 32.1 Å². The number of alkyl halides is 2. The second-order valence-electron chi connectivity index (χ2n) is 5.61. The lowest BCUT2D eigenvalue weighted by atomic mass is 9.96. The Labute approximate surface area is 119 Å². The number of hydrogen-bond acceptors (Lipinski definition) is 3. The van der Waals surface area contributed by atoms with Gasteiger partial charge >= 0.3 is 7.60 Å². The Hall–Kier alpha value is -0.250. The van der Waals surface area contributed by atoms with E-state index in [4.69, 9.17) is 9.05 Å². The molecule has 0 spiro atoms. The summed E-state index contributed by atoms with van der Waals surface area (Å²) in [6, 6.07) is 0. The van der Waals surface area contributed by atoms with Crippen LogP contribution in [-0.4, -0.2) is 24.6 Å². The Kier molecular flexibility index (Phi) is 5.76. The van der Waals surface area contributed by atoms with Crippen molar-refractivity contribution in [1.82, 2.24) is 0 Å². The summed E-state index contributed by atoms with van der Waals surface area (Å²) in [4.78, 5) is 0. The number of rotatable bonds is 5. The zero-order chi connectivity index (χ0) is 14.6. The fourth-order valence-electron chi connectivity index (χ4n) is 2.83. The van der Waals surface area contributed by atoms with E-state index in [1.807, 2.05) is 0 Å². The van der Waals surface area contributed by atoms with Gasteiger partial charge in [0.15, 0.2) is 0 Å². The van der Waals surface area contributed by atoms with Crippen molar-refractivity contribution in [2.75, 3.05) is 0 Å². The van der Waals surface area contributed by atoms with Crippen molar-refractivity contribution in [3.8, 4) is 0 Å². The standard InChI is InChI=1S/C14H23F2O3P/c1-2-20(17,18-13-9-5-3-7-11(13)15)19-14-10-6-4-8-12(14)16/h2,11-14H,1,3-10H2. The molecule has 0 saturated heterocycles. The minimum atomic E-state index is -3.63. The van der Waals surface area contributed by atoms with Crippen LogP contribution in [0.4, 0.5) is 8.78 Å². The highest BCUT2D eigenvalue weighted by atomic mass is 31.2. The molecule has 4 unspecified atom stereocenters. The second kappa shape index (κ2) is 7.15. The monoisotopic (exact) mass is 308 g/mol. The average Bonchev–Trinajstić information content (AvgIpc) is 2.44. The quantitative estimate of drug-likeness (QED) is 0.676. The van der Waals surface area contributed by atoms with E-state index in [1.54, 1.807) is 0 Å². The predicted octanol–water partition coefficient (Wildman–Crippen LogP) is 4.92. The van der Waals surface area contributed by atoms with Gasteiger partial charge in [0.1, 0.15) is 12.3 Å². The van der Waals surface area contributed by atoms with Crippen molar-refractivity contribution in [3.05, 3.63) is 12.4 Å². The minimum Gasteiger partial charge on any atom is -0.299 e. The van der Waals surface area contributed by atoms with Gasteiger partial charge in [0, 0.05) is 5.82 Å². The Morgan fingerprint density at radius 3 is 1.65 bits per heavy atom. The summed E-state index contributed by atoms with van der Waals surface area (Å²) < 4.78 is 50.8. The summed E-state index contributed by atoms with van der Waals surface area (Å²) in [5, 5.41) is 0. The SMILES string of the molecule is C=CP(=O)(OC1CCCCC1F)OC1CCCCC1F. The highest BCUT2D eigenvalue weighted by Gasteiger charge is 2.37. The molecule has 116 valence electrons. The molecule has 20 heavy (non-hydrogen) atoms. The summed E-state index contributed by atoms with van der Waals surface area (Å²) >= 11 is 0. The molecular formula is C14H23F2O3P. The maximum atomic E-state index is 13.8. The van der Waals surface area contributed by atoms with E-state index in [-0.39, 0.29) is 0 Å². The van der Waals surface area contributed by atoms with E-state index in [0.29, 0.717) is 25.7 Å². The molecule has 0 heterocycles. The molecule has 3 nitrogen and oxygen atoms in total. The number of halogens is 2. The first-order valence-corrected chi connectivity index (χ1v) is 9.03. The van der Waals surface area contributed by atoms with E-state index in [1.165, 1.54) is 0 Å². The second-order valence-corrected chi connectivity index (χ2v) is 7.48. The van der Waals surface area contributed by atoms with Crippen molar-refractivity contribution in [3.63, 3.8) is 0 Å². The fourth-order valence-corrected chi connectivity index (χ4v) is 4.28. The fraction of sp³-hybridized carbons (Fsp3) is 0.857. The number of hydrogen-bond donors (Lipinski definition) is 0. The van der Waals surface area contributed by atoms with Gasteiger partial charge in [0.05, 0.1) is 12.2 Å². The third-order valence-electron chi connectivity index (χ3n) is 4.03. The van der Waals surface area contributed by atoms with Gasteiger partial charge < -0.3 is 0 Å². The Morgan fingerprint density at radius 1 is 0.900 bits per heavy atom. The van der Waals surface area contributed by atoms with Crippen LogP contribution >= 0.6 is 7.60 Å². The maximum Gasteiger partial charge on any atom is 0.354 e. The Bertz CT molecular complexity index is 349. The van der Waals surface area contributed by atoms with Crippen molar-refractivity contribution in [2.45, 2.75) is 75.9 Å². The minimum absolute atomic E-state index is 0.414. The molecule has 0 amide bonds. The molecule has 0 radical (unpaired) electrons. The van der Waals surface area contributed by atoms with E-state index in [0.717, 1.165) is 31.5 Å². The lowest BCUT2D eigenvalue weighted by Gasteiger charge is -2.32. The van der Waals surface area contributed by atoms with Gasteiger partial charge in [-0.2, -0.15) is 0 Å². The highest BCUT2D eigenvalue weighted by Crippen LogP contribution is 2.54. The van der Waals surface area contributed by atoms with Gasteiger partial charge in [0.25, 0.3) is 0 Å². The zero-order valence-corrected chi connectivity index (χ0v) is 12.6. The van der Waals surface area contributed by atoms with Gasteiger partial charge in [0.2, 0.25) is 0 Å². The van der Waals surface area contributed by atoms with Crippen LogP contribution in [0.2, 0.25) is 0 Å². The molecule has 0 bridgehead atoms. The molecule has 0 aromatic heterocycles. The van der Waals surface area contributed by atoms with E-state index in [9.17, 15) is 13.3 Å². The van der Waals surface area contributed by atoms with Gasteiger partial charge in [-0.3, -0.25) is 13.6 Å². The smallest absolute Gasteiger partial charge is 0.299 e. The topological polar surface area (TPSA) is 35.5 Å². The zero-order valence-electron chi connectivity index (χ0n) is 11.7. The molecule has 0 N–H and O–H groups in total. The largest absolute Gasteiger partial charge is 0.354 e. The summed E-state index contributed by atoms with van der Waals surface area (Å²) in [6.45, 7) is 3.46. The van der Waals surface area contributed by atoms with Crippen molar-refractivity contribution >= 4 is 7.60 Å². The summed E-state index contributed by atoms with van der Waals surface area (Å²) in [6.07, 6.45) is 1.47. The van der Waals surface area contributed by atoms with Gasteiger partial charge in [-0.15, -0.1) is 0 Å². The van der Waals surface area contributed by atoms with Crippen LogP contribution in [0, 0.1) is 0 Å². The van der Waals surface area contributed by atoms with Crippen molar-refractivity contribution < 1.29 is 22.4 Å².